The summed E-state index contributed by atoms with van der Waals surface area (Å²) in [5.74, 6) is -0.961. The number of hydrogen-bond acceptors (Lipinski definition) is 7. The average molecular weight is 463 g/mol. The molecular formula is C16H23BrN4O5S. The Morgan fingerprint density at radius 1 is 1.48 bits per heavy atom. The van der Waals surface area contributed by atoms with E-state index >= 15 is 0 Å². The molecule has 9 nitrogen and oxygen atoms in total. The van der Waals surface area contributed by atoms with E-state index in [2.05, 4.69) is 25.6 Å². The second kappa shape index (κ2) is 9.47. The van der Waals surface area contributed by atoms with Gasteiger partial charge in [-0.1, -0.05) is 0 Å². The zero-order valence-electron chi connectivity index (χ0n) is 15.0. The van der Waals surface area contributed by atoms with Crippen molar-refractivity contribution >= 4 is 43.6 Å². The quantitative estimate of drug-likeness (QED) is 0.575. The maximum Gasteiger partial charge on any atom is 0.310 e. The van der Waals surface area contributed by atoms with Crippen LogP contribution in [0.3, 0.4) is 0 Å². The van der Waals surface area contributed by atoms with Gasteiger partial charge in [-0.3, -0.25) is 9.59 Å². The van der Waals surface area contributed by atoms with E-state index in [1.807, 2.05) is 0 Å². The first-order valence-corrected chi connectivity index (χ1v) is 10.9. The maximum atomic E-state index is 12.4. The van der Waals surface area contributed by atoms with Gasteiger partial charge in [0.2, 0.25) is 15.9 Å². The number of sulfonamides is 1. The Bertz CT molecular complexity index is 802. The lowest BCUT2D eigenvalue weighted by atomic mass is 9.98. The molecule has 0 aliphatic carbocycles. The number of ether oxygens (including phenoxy) is 1. The van der Waals surface area contributed by atoms with Crippen LogP contribution >= 0.6 is 15.9 Å². The van der Waals surface area contributed by atoms with Gasteiger partial charge >= 0.3 is 5.97 Å². The SMILES string of the molecule is CCOC(=O)[C@H]1CCCN(C(=O)CCNS(=O)(=O)c2cc(Br)cnc2N)C1. The van der Waals surface area contributed by atoms with Crippen LogP contribution in [0.1, 0.15) is 26.2 Å². The summed E-state index contributed by atoms with van der Waals surface area (Å²) in [6.45, 7) is 2.81. The number of piperidine rings is 1. The summed E-state index contributed by atoms with van der Waals surface area (Å²) in [4.78, 5) is 29.4. The van der Waals surface area contributed by atoms with Crippen molar-refractivity contribution in [3.05, 3.63) is 16.7 Å². The minimum Gasteiger partial charge on any atom is -0.466 e. The number of nitrogens with two attached hydrogens (primary N) is 1. The Kier molecular flexibility index (Phi) is 7.57. The summed E-state index contributed by atoms with van der Waals surface area (Å²) in [6, 6.07) is 1.35. The molecule has 1 amide bonds. The lowest BCUT2D eigenvalue weighted by Gasteiger charge is -2.31. The number of nitrogens with zero attached hydrogens (tertiary/aromatic N) is 2. The monoisotopic (exact) mass is 462 g/mol. The Morgan fingerprint density at radius 3 is 2.93 bits per heavy atom. The highest BCUT2D eigenvalue weighted by atomic mass is 79.9. The number of likely N-dealkylation sites (tertiary alicyclic amines) is 1. The number of carbonyl (C=O) groups excluding carboxylic acids is 2. The van der Waals surface area contributed by atoms with Crippen molar-refractivity contribution in [2.24, 2.45) is 5.92 Å². The number of hydrogen-bond donors (Lipinski definition) is 2. The molecule has 27 heavy (non-hydrogen) atoms. The highest BCUT2D eigenvalue weighted by molar-refractivity contribution is 9.10. The molecule has 0 unspecified atom stereocenters. The van der Waals surface area contributed by atoms with E-state index in [1.165, 1.54) is 12.3 Å². The van der Waals surface area contributed by atoms with Crippen molar-refractivity contribution in [3.8, 4) is 0 Å². The number of carbonyl (C=O) groups is 2. The van der Waals surface area contributed by atoms with Gasteiger partial charge in [-0.25, -0.2) is 18.1 Å². The van der Waals surface area contributed by atoms with E-state index in [0.717, 1.165) is 0 Å². The van der Waals surface area contributed by atoms with Crippen molar-refractivity contribution in [1.82, 2.24) is 14.6 Å². The van der Waals surface area contributed by atoms with Crippen LogP contribution in [0.5, 0.6) is 0 Å². The van der Waals surface area contributed by atoms with Gasteiger partial charge in [0, 0.05) is 36.7 Å². The first-order valence-electron chi connectivity index (χ1n) is 8.59. The van der Waals surface area contributed by atoms with Gasteiger partial charge in [-0.2, -0.15) is 0 Å². The third-order valence-corrected chi connectivity index (χ3v) is 6.09. The Balaban J connectivity index is 1.90. The molecular weight excluding hydrogens is 440 g/mol. The fourth-order valence-electron chi connectivity index (χ4n) is 2.83. The lowest BCUT2D eigenvalue weighted by Crippen LogP contribution is -2.43. The van der Waals surface area contributed by atoms with E-state index < -0.39 is 10.0 Å². The zero-order chi connectivity index (χ0) is 20.0. The van der Waals surface area contributed by atoms with Gasteiger partial charge in [0.05, 0.1) is 12.5 Å². The minimum atomic E-state index is -3.88. The van der Waals surface area contributed by atoms with E-state index in [-0.39, 0.29) is 41.5 Å². The fourth-order valence-corrected chi connectivity index (χ4v) is 4.45. The first-order chi connectivity index (χ1) is 12.7. The smallest absolute Gasteiger partial charge is 0.310 e. The third-order valence-electron chi connectivity index (χ3n) is 4.16. The van der Waals surface area contributed by atoms with Gasteiger partial charge < -0.3 is 15.4 Å². The molecule has 0 bridgehead atoms. The van der Waals surface area contributed by atoms with E-state index in [1.54, 1.807) is 11.8 Å². The summed E-state index contributed by atoms with van der Waals surface area (Å²) in [5.41, 5.74) is 5.62. The average Bonchev–Trinajstić information content (AvgIpc) is 2.63. The number of pyridine rings is 1. The minimum absolute atomic E-state index is 0.0177. The van der Waals surface area contributed by atoms with E-state index in [0.29, 0.717) is 37.0 Å². The summed E-state index contributed by atoms with van der Waals surface area (Å²) in [5, 5.41) is 0. The molecule has 1 aliphatic rings. The van der Waals surface area contributed by atoms with Crippen molar-refractivity contribution in [2.75, 3.05) is 32.0 Å². The standard InChI is InChI=1S/C16H23BrN4O5S/c1-2-26-16(23)11-4-3-7-21(10-11)14(22)5-6-20-27(24,25)13-8-12(17)9-19-15(13)18/h8-9,11,20H,2-7,10H2,1H3,(H2,18,19)/t11-/m0/s1. The molecule has 11 heteroatoms. The van der Waals surface area contributed by atoms with Crippen molar-refractivity contribution in [3.63, 3.8) is 0 Å². The maximum absolute atomic E-state index is 12.4. The largest absolute Gasteiger partial charge is 0.466 e. The molecule has 1 aliphatic heterocycles. The third kappa shape index (κ3) is 5.88. The van der Waals surface area contributed by atoms with Crippen LogP contribution in [-0.4, -0.2) is 56.4 Å². The molecule has 0 saturated carbocycles. The van der Waals surface area contributed by atoms with Crippen LogP contribution in [0.15, 0.2) is 21.6 Å². The molecule has 3 N–H and O–H groups in total. The van der Waals surface area contributed by atoms with Crippen molar-refractivity contribution in [1.29, 1.82) is 0 Å². The van der Waals surface area contributed by atoms with Crippen LogP contribution in [0.25, 0.3) is 0 Å². The predicted octanol–water partition coefficient (Wildman–Crippen LogP) is 0.896. The van der Waals surface area contributed by atoms with Gasteiger partial charge in [0.25, 0.3) is 0 Å². The van der Waals surface area contributed by atoms with Crippen molar-refractivity contribution < 1.29 is 22.7 Å². The fraction of sp³-hybridized carbons (Fsp3) is 0.562. The summed E-state index contributed by atoms with van der Waals surface area (Å²) >= 11 is 3.15. The molecule has 1 saturated heterocycles. The summed E-state index contributed by atoms with van der Waals surface area (Å²) < 4.78 is 32.5. The number of esters is 1. The number of aromatic nitrogens is 1. The Morgan fingerprint density at radius 2 is 2.22 bits per heavy atom. The molecule has 0 radical (unpaired) electrons. The molecule has 0 spiro atoms. The molecule has 150 valence electrons. The summed E-state index contributed by atoms with van der Waals surface area (Å²) in [6.07, 6.45) is 2.77. The number of halogens is 1. The molecule has 0 aromatic carbocycles. The van der Waals surface area contributed by atoms with E-state index in [9.17, 15) is 18.0 Å². The highest BCUT2D eigenvalue weighted by Gasteiger charge is 2.29. The first kappa shape index (κ1) is 21.6. The number of rotatable bonds is 7. The number of nitrogen functional groups attached to an aromatic ring is 1. The number of amides is 1. The van der Waals surface area contributed by atoms with Crippen LogP contribution < -0.4 is 10.5 Å². The summed E-state index contributed by atoms with van der Waals surface area (Å²) in [7, 11) is -3.88. The van der Waals surface area contributed by atoms with E-state index in [4.69, 9.17) is 10.5 Å². The molecule has 1 fully saturated rings. The molecule has 2 rings (SSSR count). The Labute approximate surface area is 166 Å². The van der Waals surface area contributed by atoms with Gasteiger partial charge in [0.1, 0.15) is 10.7 Å². The lowest BCUT2D eigenvalue weighted by molar-refractivity contribution is -0.151. The topological polar surface area (TPSA) is 132 Å². The predicted molar refractivity (Wildman–Crippen MR) is 102 cm³/mol. The van der Waals surface area contributed by atoms with Crippen LogP contribution in [0.4, 0.5) is 5.82 Å². The molecule has 1 aromatic heterocycles. The van der Waals surface area contributed by atoms with Gasteiger partial charge in [-0.15, -0.1) is 0 Å². The number of anilines is 1. The van der Waals surface area contributed by atoms with Crippen LogP contribution in [0, 0.1) is 5.92 Å². The van der Waals surface area contributed by atoms with Gasteiger partial charge in [0.15, 0.2) is 0 Å². The Hall–Kier alpha value is -1.72. The second-order valence-electron chi connectivity index (χ2n) is 6.12. The second-order valence-corrected chi connectivity index (χ2v) is 8.77. The van der Waals surface area contributed by atoms with Crippen LogP contribution in [-0.2, 0) is 24.3 Å². The molecule has 1 atom stereocenters. The van der Waals surface area contributed by atoms with Crippen molar-refractivity contribution in [2.45, 2.75) is 31.1 Å². The highest BCUT2D eigenvalue weighted by Crippen LogP contribution is 2.21. The molecule has 2 heterocycles. The zero-order valence-corrected chi connectivity index (χ0v) is 17.4. The molecule has 1 aromatic rings. The van der Waals surface area contributed by atoms with Crippen LogP contribution in [0.2, 0.25) is 0 Å². The van der Waals surface area contributed by atoms with Gasteiger partial charge in [-0.05, 0) is 41.8 Å². The number of nitrogens with one attached hydrogen (secondary N) is 1. The normalized spacial score (nSPS) is 17.6.